The molecule has 2 aliphatic rings. The molecule has 182 valence electrons. The first kappa shape index (κ1) is 24.0. The van der Waals surface area contributed by atoms with Crippen LogP contribution >= 0.6 is 15.9 Å². The smallest absolute Gasteiger partial charge is 0.382 e. The largest absolute Gasteiger partial charge is 0.463 e. The summed E-state index contributed by atoms with van der Waals surface area (Å²) in [5, 5.41) is 14.7. The van der Waals surface area contributed by atoms with Gasteiger partial charge in [0.15, 0.2) is 0 Å². The molecule has 2 heterocycles. The molecule has 0 saturated carbocycles. The molecular formula is C26H21BrF4N2O2. The minimum atomic E-state index is -5.19. The molecule has 1 N–H and O–H groups in total. The van der Waals surface area contributed by atoms with Crippen LogP contribution in [0.3, 0.4) is 0 Å². The zero-order valence-corrected chi connectivity index (χ0v) is 19.9. The third kappa shape index (κ3) is 4.37. The summed E-state index contributed by atoms with van der Waals surface area (Å²) in [5.74, 6) is -3.83. The van der Waals surface area contributed by atoms with Gasteiger partial charge in [-0.15, -0.1) is 0 Å². The third-order valence-electron chi connectivity index (χ3n) is 6.45. The van der Waals surface area contributed by atoms with Crippen LogP contribution in [-0.2, 0) is 10.4 Å². The monoisotopic (exact) mass is 548 g/mol. The lowest BCUT2D eigenvalue weighted by Gasteiger charge is -2.51. The van der Waals surface area contributed by atoms with Gasteiger partial charge in [0, 0.05) is 28.7 Å². The van der Waals surface area contributed by atoms with Crippen LogP contribution in [0.4, 0.5) is 17.6 Å². The van der Waals surface area contributed by atoms with Crippen molar-refractivity contribution in [3.05, 3.63) is 106 Å². The van der Waals surface area contributed by atoms with Crippen LogP contribution in [-0.4, -0.2) is 40.8 Å². The quantitative estimate of drug-likeness (QED) is 0.392. The fourth-order valence-electron chi connectivity index (χ4n) is 4.65. The molecule has 1 saturated heterocycles. The van der Waals surface area contributed by atoms with Gasteiger partial charge in [-0.1, -0.05) is 93.9 Å². The number of alkyl halides is 4. The molecule has 3 aromatic carbocycles. The Labute approximate surface area is 208 Å². The summed E-state index contributed by atoms with van der Waals surface area (Å²) < 4.78 is 53.3. The number of likely N-dealkylation sites (tertiary alicyclic amines) is 1. The Bertz CT molecular complexity index is 1210. The molecule has 4 nitrogen and oxygen atoms in total. The maximum atomic E-state index is 14.1. The highest BCUT2D eigenvalue weighted by molar-refractivity contribution is 9.10. The lowest BCUT2D eigenvalue weighted by molar-refractivity contribution is -0.322. The van der Waals surface area contributed by atoms with Crippen molar-refractivity contribution in [2.45, 2.75) is 30.1 Å². The van der Waals surface area contributed by atoms with Crippen LogP contribution in [0.1, 0.15) is 34.7 Å². The Morgan fingerprint density at radius 1 is 0.943 bits per heavy atom. The van der Waals surface area contributed by atoms with Crippen molar-refractivity contribution >= 4 is 21.6 Å². The summed E-state index contributed by atoms with van der Waals surface area (Å²) >= 11 is 3.43. The zero-order chi connectivity index (χ0) is 24.8. The molecule has 0 radical (unpaired) electrons. The number of nitrogens with zero attached hydrogens (tertiary/aromatic N) is 2. The molecule has 0 spiro atoms. The maximum Gasteiger partial charge on any atom is 0.463 e. The van der Waals surface area contributed by atoms with Crippen molar-refractivity contribution in [1.29, 1.82) is 0 Å². The average Bonchev–Trinajstić information content (AvgIpc) is 3.23. The molecule has 0 bridgehead atoms. The molecule has 0 aliphatic carbocycles. The Morgan fingerprint density at radius 3 is 2.00 bits per heavy atom. The van der Waals surface area contributed by atoms with Crippen molar-refractivity contribution in [2.24, 2.45) is 5.16 Å². The molecule has 1 fully saturated rings. The fraction of sp³-hybridized carbons (Fsp3) is 0.269. The zero-order valence-electron chi connectivity index (χ0n) is 18.3. The van der Waals surface area contributed by atoms with E-state index >= 15 is 0 Å². The predicted molar refractivity (Wildman–Crippen MR) is 126 cm³/mol. The van der Waals surface area contributed by atoms with Crippen LogP contribution in [0.5, 0.6) is 0 Å². The van der Waals surface area contributed by atoms with E-state index in [-0.39, 0.29) is 17.3 Å². The van der Waals surface area contributed by atoms with Crippen LogP contribution < -0.4 is 0 Å². The summed E-state index contributed by atoms with van der Waals surface area (Å²) in [7, 11) is 0. The lowest BCUT2D eigenvalue weighted by Crippen LogP contribution is -2.60. The van der Waals surface area contributed by atoms with E-state index in [4.69, 9.17) is 0 Å². The van der Waals surface area contributed by atoms with Crippen molar-refractivity contribution in [1.82, 2.24) is 4.90 Å². The summed E-state index contributed by atoms with van der Waals surface area (Å²) in [6, 6.07) is 24.7. The second-order valence-corrected chi connectivity index (χ2v) is 9.74. The molecule has 9 heteroatoms. The Hall–Kier alpha value is -2.75. The van der Waals surface area contributed by atoms with E-state index in [1.165, 1.54) is 12.1 Å². The number of hydrogen-bond acceptors (Lipinski definition) is 4. The summed E-state index contributed by atoms with van der Waals surface area (Å²) in [5.41, 5.74) is 1.79. The van der Waals surface area contributed by atoms with E-state index in [1.807, 2.05) is 36.4 Å². The standard InChI is InChI=1S/C26H21BrF4N2O2/c27-21-13-19(22-14-25(28,35-32-22)26(29,30)31)11-12-20(21)24(34)15-33(16-24)23(17-7-3-1-4-8-17)18-9-5-2-6-10-18/h1-13,23,34H,14-16H2. The first-order chi connectivity index (χ1) is 16.6. The minimum Gasteiger partial charge on any atom is -0.382 e. The predicted octanol–water partition coefficient (Wildman–Crippen LogP) is 6.09. The lowest BCUT2D eigenvalue weighted by atomic mass is 9.82. The summed E-state index contributed by atoms with van der Waals surface area (Å²) in [6.45, 7) is 0.705. The fourth-order valence-corrected chi connectivity index (χ4v) is 5.40. The molecule has 1 atom stereocenters. The number of rotatable bonds is 5. The van der Waals surface area contributed by atoms with Gasteiger partial charge in [-0.3, -0.25) is 4.90 Å². The molecule has 0 aromatic heterocycles. The highest BCUT2D eigenvalue weighted by Gasteiger charge is 2.62. The Morgan fingerprint density at radius 2 is 1.51 bits per heavy atom. The van der Waals surface area contributed by atoms with Crippen molar-refractivity contribution in [3.63, 3.8) is 0 Å². The molecule has 35 heavy (non-hydrogen) atoms. The molecule has 3 aromatic rings. The van der Waals surface area contributed by atoms with Gasteiger partial charge in [0.1, 0.15) is 5.60 Å². The van der Waals surface area contributed by atoms with E-state index in [9.17, 15) is 22.7 Å². The van der Waals surface area contributed by atoms with E-state index in [0.29, 0.717) is 23.1 Å². The van der Waals surface area contributed by atoms with E-state index in [1.54, 1.807) is 6.07 Å². The first-order valence-electron chi connectivity index (χ1n) is 11.0. The highest BCUT2D eigenvalue weighted by atomic mass is 79.9. The van der Waals surface area contributed by atoms with Crippen molar-refractivity contribution in [2.75, 3.05) is 13.1 Å². The van der Waals surface area contributed by atoms with Gasteiger partial charge in [-0.25, -0.2) is 0 Å². The second kappa shape index (κ2) is 8.72. The third-order valence-corrected chi connectivity index (χ3v) is 7.10. The number of oxime groups is 1. The van der Waals surface area contributed by atoms with Crippen molar-refractivity contribution < 1.29 is 27.5 Å². The Balaban J connectivity index is 1.36. The Kier molecular flexibility index (Phi) is 5.97. The highest BCUT2D eigenvalue weighted by Crippen LogP contribution is 2.45. The van der Waals surface area contributed by atoms with Crippen LogP contribution in [0, 0.1) is 0 Å². The number of β-amino-alcohol motifs (C(OH)–C–C–N with tert-alkyl or cyclic N) is 1. The number of halogens is 5. The van der Waals surface area contributed by atoms with Crippen LogP contribution in [0.2, 0.25) is 0 Å². The molecule has 2 aliphatic heterocycles. The topological polar surface area (TPSA) is 45.1 Å². The summed E-state index contributed by atoms with van der Waals surface area (Å²) in [6.07, 6.45) is -6.22. The molecule has 5 rings (SSSR count). The van der Waals surface area contributed by atoms with E-state index in [0.717, 1.165) is 11.1 Å². The van der Waals surface area contributed by atoms with Crippen LogP contribution in [0.15, 0.2) is 88.5 Å². The number of benzene rings is 3. The molecule has 0 amide bonds. The van der Waals surface area contributed by atoms with Gasteiger partial charge in [0.25, 0.3) is 0 Å². The molecular weight excluding hydrogens is 528 g/mol. The normalized spacial score (nSPS) is 22.0. The van der Waals surface area contributed by atoms with Crippen molar-refractivity contribution in [3.8, 4) is 0 Å². The maximum absolute atomic E-state index is 14.1. The molecule has 1 unspecified atom stereocenters. The van der Waals surface area contributed by atoms with Gasteiger partial charge >= 0.3 is 12.0 Å². The summed E-state index contributed by atoms with van der Waals surface area (Å²) in [4.78, 5) is 6.26. The van der Waals surface area contributed by atoms with Gasteiger partial charge in [0.2, 0.25) is 0 Å². The second-order valence-electron chi connectivity index (χ2n) is 8.89. The van der Waals surface area contributed by atoms with Gasteiger partial charge < -0.3 is 9.94 Å². The van der Waals surface area contributed by atoms with E-state index in [2.05, 4.69) is 55.1 Å². The van der Waals surface area contributed by atoms with Crippen LogP contribution in [0.25, 0.3) is 0 Å². The van der Waals surface area contributed by atoms with Gasteiger partial charge in [-0.2, -0.15) is 17.6 Å². The van der Waals surface area contributed by atoms with E-state index < -0.39 is 24.1 Å². The van der Waals surface area contributed by atoms with Gasteiger partial charge in [-0.05, 0) is 17.2 Å². The SMILES string of the molecule is OC1(c2ccc(C3=NOC(F)(C(F)(F)F)C3)cc2Br)CN(C(c2ccccc2)c2ccccc2)C1. The minimum absolute atomic E-state index is 0.0410. The van der Waals surface area contributed by atoms with Gasteiger partial charge in [0.05, 0.1) is 18.2 Å². The number of hydrogen-bond donors (Lipinski definition) is 1. The number of aliphatic hydroxyl groups is 1. The first-order valence-corrected chi connectivity index (χ1v) is 11.8. The average molecular weight is 549 g/mol.